The average Bonchev–Trinajstić information content (AvgIpc) is 3.40. The van der Waals surface area contributed by atoms with Crippen LogP contribution in [0.15, 0.2) is 72.9 Å². The van der Waals surface area contributed by atoms with Crippen LogP contribution in [0.25, 0.3) is 0 Å². The zero-order valence-electron chi connectivity index (χ0n) is 18.9. The molecule has 0 saturated heterocycles. The number of rotatable bonds is 6. The summed E-state index contributed by atoms with van der Waals surface area (Å²) in [6, 6.07) is 19.0. The van der Waals surface area contributed by atoms with Gasteiger partial charge >= 0.3 is 0 Å². The van der Waals surface area contributed by atoms with Gasteiger partial charge in [-0.2, -0.15) is 0 Å². The second-order valence-electron chi connectivity index (χ2n) is 8.52. The number of pyridine rings is 1. The number of carbonyl (C=O) groups is 2. The molecule has 0 spiro atoms. The number of carbonyl (C=O) groups excluding carboxylic acids is 2. The highest BCUT2D eigenvalue weighted by molar-refractivity contribution is 6.10. The van der Waals surface area contributed by atoms with Gasteiger partial charge in [0.15, 0.2) is 17.5 Å². The van der Waals surface area contributed by atoms with Crippen molar-refractivity contribution < 1.29 is 19.1 Å². The zero-order valence-corrected chi connectivity index (χ0v) is 18.9. The molecule has 1 saturated carbocycles. The molecule has 1 fully saturated rings. The molecule has 3 aromatic rings. The van der Waals surface area contributed by atoms with Gasteiger partial charge in [-0.1, -0.05) is 37.1 Å². The Balaban J connectivity index is 1.57. The zero-order chi connectivity index (χ0) is 23.3. The molecule has 2 heterocycles. The van der Waals surface area contributed by atoms with E-state index in [1.807, 2.05) is 36.4 Å². The number of nitrogens with one attached hydrogen (secondary N) is 1. The molecule has 1 aliphatic carbocycles. The predicted molar refractivity (Wildman–Crippen MR) is 128 cm³/mol. The number of hydrogen-bond acceptors (Lipinski definition) is 5. The number of hydrogen-bond donors (Lipinski definition) is 1. The Morgan fingerprint density at radius 1 is 0.912 bits per heavy atom. The largest absolute Gasteiger partial charge is 0.486 e. The number of benzene rings is 2. The van der Waals surface area contributed by atoms with E-state index in [9.17, 15) is 9.59 Å². The van der Waals surface area contributed by atoms with E-state index in [1.54, 1.807) is 36.5 Å². The molecule has 0 bridgehead atoms. The van der Waals surface area contributed by atoms with E-state index < -0.39 is 6.04 Å². The van der Waals surface area contributed by atoms with E-state index >= 15 is 0 Å². The van der Waals surface area contributed by atoms with Gasteiger partial charge in [0.2, 0.25) is 5.91 Å². The van der Waals surface area contributed by atoms with Gasteiger partial charge in [0.1, 0.15) is 13.2 Å². The van der Waals surface area contributed by atoms with Crippen molar-refractivity contribution >= 4 is 17.5 Å². The van der Waals surface area contributed by atoms with E-state index in [1.165, 1.54) is 4.90 Å². The fraction of sp³-hybridized carbons (Fsp3) is 0.296. The highest BCUT2D eigenvalue weighted by atomic mass is 16.6. The average molecular weight is 458 g/mol. The molecule has 1 unspecified atom stereocenters. The fourth-order valence-electron chi connectivity index (χ4n) is 4.56. The third kappa shape index (κ3) is 4.59. The van der Waals surface area contributed by atoms with E-state index in [0.717, 1.165) is 25.7 Å². The van der Waals surface area contributed by atoms with Crippen LogP contribution in [0.5, 0.6) is 11.5 Å². The number of para-hydroxylation sites is 1. The summed E-state index contributed by atoms with van der Waals surface area (Å²) in [4.78, 5) is 33.7. The van der Waals surface area contributed by atoms with Gasteiger partial charge in [0.25, 0.3) is 5.91 Å². The molecule has 2 aliphatic rings. The molecule has 0 radical (unpaired) electrons. The number of nitrogens with zero attached hydrogens (tertiary/aromatic N) is 2. The molecule has 7 heteroatoms. The summed E-state index contributed by atoms with van der Waals surface area (Å²) >= 11 is 0. The van der Waals surface area contributed by atoms with Crippen LogP contribution < -0.4 is 19.7 Å². The van der Waals surface area contributed by atoms with Crippen molar-refractivity contribution in [2.75, 3.05) is 18.1 Å². The van der Waals surface area contributed by atoms with Crippen molar-refractivity contribution in [3.8, 4) is 11.5 Å². The minimum Gasteiger partial charge on any atom is -0.486 e. The van der Waals surface area contributed by atoms with Crippen LogP contribution >= 0.6 is 0 Å². The van der Waals surface area contributed by atoms with Gasteiger partial charge in [-0.3, -0.25) is 19.5 Å². The lowest BCUT2D eigenvalue weighted by Gasteiger charge is -2.32. The molecule has 7 nitrogen and oxygen atoms in total. The summed E-state index contributed by atoms with van der Waals surface area (Å²) in [6.07, 6.45) is 5.72. The first kappa shape index (κ1) is 21.9. The van der Waals surface area contributed by atoms with Crippen molar-refractivity contribution in [1.29, 1.82) is 0 Å². The Labute approximate surface area is 198 Å². The molecular weight excluding hydrogens is 430 g/mol. The number of fused-ring (bicyclic) bond motifs is 1. The minimum absolute atomic E-state index is 0.112. The first-order valence-electron chi connectivity index (χ1n) is 11.7. The third-order valence-electron chi connectivity index (χ3n) is 6.22. The van der Waals surface area contributed by atoms with Crippen LogP contribution in [0.3, 0.4) is 0 Å². The summed E-state index contributed by atoms with van der Waals surface area (Å²) in [5.74, 6) is 0.574. The number of amides is 2. The lowest BCUT2D eigenvalue weighted by atomic mass is 10.0. The first-order valence-corrected chi connectivity index (χ1v) is 11.7. The maximum absolute atomic E-state index is 14.0. The molecule has 2 amide bonds. The minimum atomic E-state index is -0.926. The highest BCUT2D eigenvalue weighted by Crippen LogP contribution is 2.34. The number of aromatic nitrogens is 1. The summed E-state index contributed by atoms with van der Waals surface area (Å²) in [5.41, 5.74) is 1.52. The van der Waals surface area contributed by atoms with Crippen molar-refractivity contribution in [2.45, 2.75) is 37.8 Å². The van der Waals surface area contributed by atoms with E-state index in [2.05, 4.69) is 10.3 Å². The van der Waals surface area contributed by atoms with E-state index in [-0.39, 0.29) is 17.9 Å². The molecule has 1 N–H and O–H groups in total. The molecule has 2 aromatic carbocycles. The SMILES string of the molecule is O=C(NC1CCCC1)C(c1ccccn1)N(C(=O)c1ccc2c(c1)OCCO2)c1ccccc1. The maximum Gasteiger partial charge on any atom is 0.259 e. The van der Waals surface area contributed by atoms with Crippen molar-refractivity contribution in [3.05, 3.63) is 84.2 Å². The molecule has 174 valence electrons. The molecule has 34 heavy (non-hydrogen) atoms. The van der Waals surface area contributed by atoms with Gasteiger partial charge in [-0.15, -0.1) is 0 Å². The Morgan fingerprint density at radius 3 is 2.38 bits per heavy atom. The van der Waals surface area contributed by atoms with Crippen LogP contribution in [-0.4, -0.2) is 36.1 Å². The van der Waals surface area contributed by atoms with Crippen molar-refractivity contribution in [2.24, 2.45) is 0 Å². The van der Waals surface area contributed by atoms with E-state index in [0.29, 0.717) is 41.7 Å². The van der Waals surface area contributed by atoms with Gasteiger partial charge in [0.05, 0.1) is 5.69 Å². The normalized spacial score (nSPS) is 16.0. The summed E-state index contributed by atoms with van der Waals surface area (Å²) in [5, 5.41) is 3.17. The van der Waals surface area contributed by atoms with Crippen molar-refractivity contribution in [3.63, 3.8) is 0 Å². The second-order valence-corrected chi connectivity index (χ2v) is 8.52. The standard InChI is InChI=1S/C27H27N3O4/c31-26(29-20-8-4-5-9-20)25(22-12-6-7-15-28-22)30(21-10-2-1-3-11-21)27(32)19-13-14-23-24(18-19)34-17-16-33-23/h1-3,6-7,10-15,18,20,25H,4-5,8-9,16-17H2,(H,29,31). The quantitative estimate of drug-likeness (QED) is 0.597. The van der Waals surface area contributed by atoms with Crippen LogP contribution in [0.1, 0.15) is 47.8 Å². The van der Waals surface area contributed by atoms with Crippen LogP contribution in [0.4, 0.5) is 5.69 Å². The van der Waals surface area contributed by atoms with Gasteiger partial charge in [-0.05, 0) is 55.3 Å². The molecule has 5 rings (SSSR count). The lowest BCUT2D eigenvalue weighted by Crippen LogP contribution is -2.46. The molecular formula is C27H27N3O4. The molecule has 1 aliphatic heterocycles. The Kier molecular flexibility index (Phi) is 6.42. The number of ether oxygens (including phenoxy) is 2. The van der Waals surface area contributed by atoms with Crippen molar-refractivity contribution in [1.82, 2.24) is 10.3 Å². The van der Waals surface area contributed by atoms with Gasteiger partial charge < -0.3 is 14.8 Å². The molecule has 1 atom stereocenters. The van der Waals surface area contributed by atoms with Gasteiger partial charge in [-0.25, -0.2) is 0 Å². The molecule has 1 aromatic heterocycles. The Bertz CT molecular complexity index is 1150. The summed E-state index contributed by atoms with van der Waals surface area (Å²) in [6.45, 7) is 0.896. The smallest absolute Gasteiger partial charge is 0.259 e. The topological polar surface area (TPSA) is 80.8 Å². The lowest BCUT2D eigenvalue weighted by molar-refractivity contribution is -0.123. The monoisotopic (exact) mass is 457 g/mol. The van der Waals surface area contributed by atoms with E-state index in [4.69, 9.17) is 9.47 Å². The summed E-state index contributed by atoms with van der Waals surface area (Å²) < 4.78 is 11.3. The fourth-order valence-corrected chi connectivity index (χ4v) is 4.56. The highest BCUT2D eigenvalue weighted by Gasteiger charge is 2.36. The summed E-state index contributed by atoms with van der Waals surface area (Å²) in [7, 11) is 0. The Morgan fingerprint density at radius 2 is 1.65 bits per heavy atom. The third-order valence-corrected chi connectivity index (χ3v) is 6.22. The number of anilines is 1. The van der Waals surface area contributed by atoms with Crippen LogP contribution in [-0.2, 0) is 4.79 Å². The maximum atomic E-state index is 14.0. The van der Waals surface area contributed by atoms with Crippen LogP contribution in [0.2, 0.25) is 0 Å². The van der Waals surface area contributed by atoms with Crippen LogP contribution in [0, 0.1) is 0 Å². The first-order chi connectivity index (χ1) is 16.7. The predicted octanol–water partition coefficient (Wildman–Crippen LogP) is 4.30. The van der Waals surface area contributed by atoms with Gasteiger partial charge in [0, 0.05) is 23.5 Å². The second kappa shape index (κ2) is 9.95. The Hall–Kier alpha value is -3.87.